The van der Waals surface area contributed by atoms with Gasteiger partial charge in [-0.3, -0.25) is 4.79 Å². The molecule has 238 valence electrons. The van der Waals surface area contributed by atoms with Gasteiger partial charge in [0.15, 0.2) is 0 Å². The first-order valence-electron chi connectivity index (χ1n) is 15.4. The Morgan fingerprint density at radius 3 is 2.80 bits per heavy atom. The number of rotatable bonds is 12. The normalized spacial score (nSPS) is 24.1. The monoisotopic (exact) mass is 642 g/mol. The maximum atomic E-state index is 13.4. The van der Waals surface area contributed by atoms with E-state index in [9.17, 15) is 18.3 Å². The van der Waals surface area contributed by atoms with Crippen molar-refractivity contribution >= 4 is 33.2 Å². The number of amides is 1. The van der Waals surface area contributed by atoms with Crippen molar-refractivity contribution in [3.63, 3.8) is 0 Å². The minimum absolute atomic E-state index is 0.0316. The molecule has 10 heteroatoms. The lowest BCUT2D eigenvalue weighted by molar-refractivity contribution is 0.0460. The van der Waals surface area contributed by atoms with E-state index < -0.39 is 27.3 Å². The molecule has 1 saturated carbocycles. The van der Waals surface area contributed by atoms with Crippen LogP contribution < -0.4 is 14.4 Å². The van der Waals surface area contributed by atoms with Gasteiger partial charge in [0.2, 0.25) is 10.0 Å². The van der Waals surface area contributed by atoms with E-state index in [-0.39, 0.29) is 29.4 Å². The summed E-state index contributed by atoms with van der Waals surface area (Å²) in [7, 11) is -2.57. The number of carbonyl (C=O) groups excluding carboxylic acids is 1. The molecule has 2 aliphatic carbocycles. The van der Waals surface area contributed by atoms with Crippen LogP contribution in [0.4, 0.5) is 5.69 Å². The van der Waals surface area contributed by atoms with Crippen molar-refractivity contribution in [1.82, 2.24) is 4.72 Å². The summed E-state index contributed by atoms with van der Waals surface area (Å²) in [5.74, 6) is 0.286. The van der Waals surface area contributed by atoms with Crippen LogP contribution in [0, 0.1) is 11.8 Å². The van der Waals surface area contributed by atoms with Crippen LogP contribution in [-0.4, -0.2) is 64.2 Å². The summed E-state index contributed by atoms with van der Waals surface area (Å²) in [6, 6.07) is 11.2. The first-order valence-corrected chi connectivity index (χ1v) is 17.3. The first-order chi connectivity index (χ1) is 21.1. The highest BCUT2D eigenvalue weighted by Crippen LogP contribution is 2.46. The second-order valence-corrected chi connectivity index (χ2v) is 14.8. The molecule has 5 rings (SSSR count). The fourth-order valence-corrected chi connectivity index (χ4v) is 8.57. The van der Waals surface area contributed by atoms with E-state index >= 15 is 0 Å². The van der Waals surface area contributed by atoms with Crippen molar-refractivity contribution in [2.45, 2.75) is 61.7 Å². The molecular weight excluding hydrogens is 600 g/mol. The molecule has 2 unspecified atom stereocenters. The Morgan fingerprint density at radius 2 is 2.09 bits per heavy atom. The van der Waals surface area contributed by atoms with Gasteiger partial charge in [0.1, 0.15) is 11.0 Å². The smallest absolute Gasteiger partial charge is 0.264 e. The van der Waals surface area contributed by atoms with E-state index in [4.69, 9.17) is 21.1 Å². The van der Waals surface area contributed by atoms with E-state index in [1.165, 1.54) is 18.2 Å². The number of ether oxygens (including phenoxy) is 2. The Balaban J connectivity index is 1.48. The summed E-state index contributed by atoms with van der Waals surface area (Å²) in [5.41, 5.74) is 3.14. The van der Waals surface area contributed by atoms with Crippen LogP contribution in [0.2, 0.25) is 5.02 Å². The van der Waals surface area contributed by atoms with Crippen molar-refractivity contribution in [2.24, 2.45) is 11.8 Å². The maximum Gasteiger partial charge on any atom is 0.264 e. The van der Waals surface area contributed by atoms with Gasteiger partial charge in [-0.25, -0.2) is 13.1 Å². The third-order valence-electron chi connectivity index (χ3n) is 9.63. The number of sulfonamides is 1. The average Bonchev–Trinajstić information content (AvgIpc) is 3.13. The predicted octanol–water partition coefficient (Wildman–Crippen LogP) is 5.43. The molecule has 1 aliphatic heterocycles. The van der Waals surface area contributed by atoms with Crippen LogP contribution in [0.1, 0.15) is 60.0 Å². The van der Waals surface area contributed by atoms with Crippen molar-refractivity contribution in [3.8, 4) is 5.75 Å². The van der Waals surface area contributed by atoms with Crippen LogP contribution in [0.3, 0.4) is 0 Å². The van der Waals surface area contributed by atoms with Crippen LogP contribution in [-0.2, 0) is 26.6 Å². The van der Waals surface area contributed by atoms with E-state index in [1.807, 2.05) is 6.07 Å². The van der Waals surface area contributed by atoms with Gasteiger partial charge in [-0.2, -0.15) is 0 Å². The molecule has 0 saturated heterocycles. The zero-order valence-corrected chi connectivity index (χ0v) is 26.9. The van der Waals surface area contributed by atoms with Crippen molar-refractivity contribution in [2.75, 3.05) is 38.3 Å². The Bertz CT molecular complexity index is 1500. The number of hydrogen-bond donors (Lipinski definition) is 2. The summed E-state index contributed by atoms with van der Waals surface area (Å²) in [4.78, 5) is 15.7. The van der Waals surface area contributed by atoms with E-state index in [2.05, 4.69) is 34.9 Å². The fourth-order valence-electron chi connectivity index (χ4n) is 7.07. The minimum atomic E-state index is -4.00. The highest BCUT2D eigenvalue weighted by Gasteiger charge is 2.44. The number of carbonyl (C=O) groups is 1. The number of fused-ring (bicyclic) bond motifs is 3. The van der Waals surface area contributed by atoms with Crippen molar-refractivity contribution < 1.29 is 27.8 Å². The number of aliphatic hydroxyl groups excluding tert-OH is 1. The summed E-state index contributed by atoms with van der Waals surface area (Å²) in [6.45, 7) is 9.23. The molecule has 2 N–H and O–H groups in total. The largest absolute Gasteiger partial charge is 0.490 e. The summed E-state index contributed by atoms with van der Waals surface area (Å²) >= 11 is 6.38. The number of methoxy groups -OCH3 is 1. The zero-order chi connectivity index (χ0) is 31.5. The molecule has 5 atom stereocenters. The average molecular weight is 643 g/mol. The number of anilines is 1. The number of benzene rings is 2. The Kier molecular flexibility index (Phi) is 10.1. The molecule has 2 aromatic carbocycles. The number of halogens is 1. The fraction of sp³-hybridized carbons (Fsp3) is 0.500. The molecular formula is C34H43ClN2O6S. The number of allylic oxidation sites excluding steroid dienone is 1. The van der Waals surface area contributed by atoms with Crippen LogP contribution in [0.5, 0.6) is 5.75 Å². The Morgan fingerprint density at radius 1 is 1.27 bits per heavy atom. The Hall–Kier alpha value is -2.85. The maximum absolute atomic E-state index is 13.4. The van der Waals surface area contributed by atoms with E-state index in [0.717, 1.165) is 37.8 Å². The minimum Gasteiger partial charge on any atom is -0.490 e. The van der Waals surface area contributed by atoms with E-state index in [0.29, 0.717) is 43.3 Å². The van der Waals surface area contributed by atoms with Crippen molar-refractivity contribution in [3.05, 3.63) is 83.4 Å². The number of hydrogen-bond acceptors (Lipinski definition) is 7. The third kappa shape index (κ3) is 6.71. The lowest BCUT2D eigenvalue weighted by Gasteiger charge is -2.45. The lowest BCUT2D eigenvalue weighted by atomic mass is 9.68. The summed E-state index contributed by atoms with van der Waals surface area (Å²) < 4.78 is 40.2. The molecule has 3 aliphatic rings. The molecule has 1 heterocycles. The summed E-state index contributed by atoms with van der Waals surface area (Å²) in [5, 5.41) is 10.4. The zero-order valence-electron chi connectivity index (χ0n) is 25.3. The lowest BCUT2D eigenvalue weighted by Crippen LogP contribution is -2.49. The first kappa shape index (κ1) is 32.5. The van der Waals surface area contributed by atoms with Gasteiger partial charge >= 0.3 is 0 Å². The number of aryl methyl sites for hydroxylation is 1. The second kappa shape index (κ2) is 13.6. The molecule has 44 heavy (non-hydrogen) atoms. The molecule has 1 fully saturated rings. The highest BCUT2D eigenvalue weighted by molar-refractivity contribution is 7.90. The summed E-state index contributed by atoms with van der Waals surface area (Å²) in [6.07, 6.45) is 8.24. The van der Waals surface area contributed by atoms with Crippen LogP contribution >= 0.6 is 11.6 Å². The molecule has 2 aromatic rings. The molecule has 0 aromatic heterocycles. The quantitative estimate of drug-likeness (QED) is 0.298. The number of aliphatic hydroxyl groups is 1. The van der Waals surface area contributed by atoms with Crippen molar-refractivity contribution in [1.29, 1.82) is 0 Å². The molecule has 1 amide bonds. The van der Waals surface area contributed by atoms with Gasteiger partial charge in [0.05, 0.1) is 25.0 Å². The topological polar surface area (TPSA) is 105 Å². The van der Waals surface area contributed by atoms with Gasteiger partial charge in [-0.05, 0) is 98.2 Å². The van der Waals surface area contributed by atoms with Crippen LogP contribution in [0.25, 0.3) is 0 Å². The molecule has 0 bridgehead atoms. The number of nitrogens with one attached hydrogen (secondary N) is 1. The van der Waals surface area contributed by atoms with Crippen LogP contribution in [0.15, 0.2) is 61.7 Å². The van der Waals surface area contributed by atoms with Gasteiger partial charge in [-0.15, -0.1) is 13.2 Å². The van der Waals surface area contributed by atoms with Gasteiger partial charge < -0.3 is 19.5 Å². The molecule has 0 radical (unpaired) electrons. The van der Waals surface area contributed by atoms with Gasteiger partial charge in [-0.1, -0.05) is 29.8 Å². The van der Waals surface area contributed by atoms with E-state index in [1.54, 1.807) is 30.4 Å². The molecule has 8 nitrogen and oxygen atoms in total. The van der Waals surface area contributed by atoms with Gasteiger partial charge in [0, 0.05) is 36.2 Å². The van der Waals surface area contributed by atoms with Gasteiger partial charge in [0.25, 0.3) is 5.91 Å². The highest BCUT2D eigenvalue weighted by atomic mass is 35.5. The number of nitrogens with zero attached hydrogens (tertiary/aromatic N) is 1. The second-order valence-electron chi connectivity index (χ2n) is 12.4. The Labute approximate surface area is 266 Å². The SMILES string of the molecule is C=CCCC(COC)S(=O)(=O)NC(=O)c1ccc2c(c1)N(C[C@@H]1CC[C@H]1C(O)C=C)C[C@@]1(CCCc3cc(Cl)ccc31)CO2. The predicted molar refractivity (Wildman–Crippen MR) is 174 cm³/mol. The molecule has 1 spiro atoms. The standard InChI is InChI=1S/C34H43ClN2O6S/c1-4-6-9-27(20-42-3)44(40,41)36-33(39)24-11-15-32-30(18-24)37(19-25-10-13-28(25)31(38)5-2)21-34(22-43-32)16-7-8-23-17-26(35)12-14-29(23)34/h4-5,11-12,14-15,17-18,25,27-28,31,38H,1-2,6-10,13,16,19-22H2,3H3,(H,36,39)/t25-,27?,28+,31?,34-/m0/s1. The third-order valence-corrected chi connectivity index (χ3v) is 11.6.